The van der Waals surface area contributed by atoms with Crippen LogP contribution in [-0.4, -0.2) is 8.42 Å². The first kappa shape index (κ1) is 14.9. The predicted molar refractivity (Wildman–Crippen MR) is 72.6 cm³/mol. The Morgan fingerprint density at radius 3 is 2.32 bits per heavy atom. The quantitative estimate of drug-likeness (QED) is 0.641. The zero-order valence-electron chi connectivity index (χ0n) is 11.3. The lowest BCUT2D eigenvalue weighted by atomic mass is 10.1. The molecule has 0 heterocycles. The van der Waals surface area contributed by atoms with E-state index in [0.717, 1.165) is 30.4 Å². The van der Waals surface area contributed by atoms with Gasteiger partial charge in [0.15, 0.2) is 11.6 Å². The zero-order valence-corrected chi connectivity index (χ0v) is 12.1. The van der Waals surface area contributed by atoms with E-state index in [9.17, 15) is 21.6 Å². The van der Waals surface area contributed by atoms with E-state index in [1.165, 1.54) is 6.07 Å². The van der Waals surface area contributed by atoms with Gasteiger partial charge < -0.3 is 4.18 Å². The van der Waals surface area contributed by atoms with E-state index < -0.39 is 32.5 Å². The van der Waals surface area contributed by atoms with Gasteiger partial charge in [0, 0.05) is 12.1 Å². The first-order valence-electron chi connectivity index (χ1n) is 6.58. The van der Waals surface area contributed by atoms with Crippen LogP contribution in [0.1, 0.15) is 17.5 Å². The normalized spacial score (nSPS) is 14.0. The van der Waals surface area contributed by atoms with Gasteiger partial charge in [-0.1, -0.05) is 6.07 Å². The van der Waals surface area contributed by atoms with Crippen LogP contribution >= 0.6 is 0 Å². The Kier molecular flexibility index (Phi) is 3.60. The minimum atomic E-state index is -4.58. The van der Waals surface area contributed by atoms with Gasteiger partial charge in [0.25, 0.3) is 0 Å². The van der Waals surface area contributed by atoms with E-state index in [2.05, 4.69) is 0 Å². The molecule has 1 aliphatic carbocycles. The number of rotatable bonds is 3. The maximum absolute atomic E-state index is 13.6. The van der Waals surface area contributed by atoms with Crippen molar-refractivity contribution in [1.29, 1.82) is 0 Å². The van der Waals surface area contributed by atoms with Crippen LogP contribution in [0.2, 0.25) is 0 Å². The highest BCUT2D eigenvalue weighted by Gasteiger charge is 2.25. The molecule has 0 aromatic heterocycles. The molecule has 0 aliphatic heterocycles. The van der Waals surface area contributed by atoms with Crippen molar-refractivity contribution in [2.45, 2.75) is 24.2 Å². The monoisotopic (exact) mass is 328 g/mol. The Morgan fingerprint density at radius 2 is 1.55 bits per heavy atom. The lowest BCUT2D eigenvalue weighted by Crippen LogP contribution is -2.13. The van der Waals surface area contributed by atoms with E-state index in [4.69, 9.17) is 4.18 Å². The van der Waals surface area contributed by atoms with Crippen molar-refractivity contribution >= 4 is 10.1 Å². The molecule has 0 saturated heterocycles. The summed E-state index contributed by atoms with van der Waals surface area (Å²) in [6.45, 7) is 0. The summed E-state index contributed by atoms with van der Waals surface area (Å²) in [7, 11) is -4.58. The second-order valence-electron chi connectivity index (χ2n) is 5.02. The minimum absolute atomic E-state index is 0.0183. The maximum Gasteiger partial charge on any atom is 0.342 e. The summed E-state index contributed by atoms with van der Waals surface area (Å²) in [4.78, 5) is -1.04. The van der Waals surface area contributed by atoms with Crippen molar-refractivity contribution < 1.29 is 25.8 Å². The molecule has 116 valence electrons. The van der Waals surface area contributed by atoms with Crippen LogP contribution in [-0.2, 0) is 23.0 Å². The van der Waals surface area contributed by atoms with E-state index >= 15 is 0 Å². The van der Waals surface area contributed by atoms with Crippen LogP contribution in [0, 0.1) is 17.5 Å². The van der Waals surface area contributed by atoms with Crippen molar-refractivity contribution in [2.24, 2.45) is 0 Å². The Balaban J connectivity index is 1.96. The number of hydrogen-bond acceptors (Lipinski definition) is 3. The topological polar surface area (TPSA) is 43.4 Å². The van der Waals surface area contributed by atoms with Crippen molar-refractivity contribution in [3.8, 4) is 5.75 Å². The van der Waals surface area contributed by atoms with Gasteiger partial charge >= 0.3 is 10.1 Å². The fraction of sp³-hybridized carbons (Fsp3) is 0.200. The fourth-order valence-corrected chi connectivity index (χ4v) is 3.46. The fourth-order valence-electron chi connectivity index (χ4n) is 2.47. The third kappa shape index (κ3) is 2.68. The Bertz CT molecular complexity index is 847. The molecule has 0 atom stereocenters. The molecule has 1 aliphatic rings. The maximum atomic E-state index is 13.6. The average molecular weight is 328 g/mol. The summed E-state index contributed by atoms with van der Waals surface area (Å²) >= 11 is 0. The Hall–Kier alpha value is -2.02. The largest absolute Gasteiger partial charge is 0.379 e. The van der Waals surface area contributed by atoms with Gasteiger partial charge in [-0.2, -0.15) is 8.42 Å². The average Bonchev–Trinajstić information content (AvgIpc) is 2.89. The molecule has 0 unspecified atom stereocenters. The third-order valence-electron chi connectivity index (χ3n) is 3.52. The van der Waals surface area contributed by atoms with E-state index in [1.807, 2.05) is 0 Å². The summed E-state index contributed by atoms with van der Waals surface area (Å²) in [6.07, 6.45) is 2.70. The number of hydrogen-bond donors (Lipinski definition) is 0. The SMILES string of the molecule is O=S(=O)(Oc1ccc2c(c1)CCC2)c1cc(F)c(F)cc1F. The first-order chi connectivity index (χ1) is 10.4. The van der Waals surface area contributed by atoms with Crippen LogP contribution in [0.25, 0.3) is 0 Å². The van der Waals surface area contributed by atoms with E-state index in [-0.39, 0.29) is 17.9 Å². The van der Waals surface area contributed by atoms with Gasteiger partial charge in [-0.15, -0.1) is 0 Å². The van der Waals surface area contributed by atoms with Crippen LogP contribution < -0.4 is 4.18 Å². The second kappa shape index (κ2) is 5.31. The van der Waals surface area contributed by atoms with Crippen LogP contribution in [0.3, 0.4) is 0 Å². The van der Waals surface area contributed by atoms with Gasteiger partial charge in [-0.3, -0.25) is 0 Å². The molecule has 0 N–H and O–H groups in total. The van der Waals surface area contributed by atoms with Crippen LogP contribution in [0.4, 0.5) is 13.2 Å². The van der Waals surface area contributed by atoms with E-state index in [1.54, 1.807) is 12.1 Å². The molecule has 2 aromatic rings. The molecule has 3 rings (SSSR count). The standard InChI is InChI=1S/C15H11F3O3S/c16-12-7-14(18)15(8-13(12)17)22(19,20)21-11-5-4-9-2-1-3-10(9)6-11/h4-8H,1-3H2. The van der Waals surface area contributed by atoms with E-state index in [0.29, 0.717) is 0 Å². The van der Waals surface area contributed by atoms with Crippen LogP contribution in [0.15, 0.2) is 35.2 Å². The Labute approximate surface area is 125 Å². The molecule has 0 fully saturated rings. The van der Waals surface area contributed by atoms with Gasteiger partial charge in [0.05, 0.1) is 0 Å². The lowest BCUT2D eigenvalue weighted by Gasteiger charge is -2.09. The highest BCUT2D eigenvalue weighted by molar-refractivity contribution is 7.87. The summed E-state index contributed by atoms with van der Waals surface area (Å²) in [5, 5.41) is 0. The smallest absolute Gasteiger partial charge is 0.342 e. The number of fused-ring (bicyclic) bond motifs is 1. The number of benzene rings is 2. The molecule has 0 bridgehead atoms. The minimum Gasteiger partial charge on any atom is -0.379 e. The van der Waals surface area contributed by atoms with Gasteiger partial charge in [0.1, 0.15) is 16.5 Å². The number of aryl methyl sites for hydroxylation is 2. The van der Waals surface area contributed by atoms with Gasteiger partial charge in [-0.25, -0.2) is 13.2 Å². The van der Waals surface area contributed by atoms with Crippen molar-refractivity contribution in [2.75, 3.05) is 0 Å². The van der Waals surface area contributed by atoms with Crippen molar-refractivity contribution in [3.63, 3.8) is 0 Å². The van der Waals surface area contributed by atoms with Gasteiger partial charge in [-0.05, 0) is 42.5 Å². The molecule has 0 amide bonds. The summed E-state index contributed by atoms with van der Waals surface area (Å²) in [5.74, 6) is -4.31. The van der Waals surface area contributed by atoms with Crippen LogP contribution in [0.5, 0.6) is 5.75 Å². The summed E-state index contributed by atoms with van der Waals surface area (Å²) in [5.41, 5.74) is 2.09. The molecule has 3 nitrogen and oxygen atoms in total. The summed E-state index contributed by atoms with van der Waals surface area (Å²) in [6, 6.07) is 5.22. The van der Waals surface area contributed by atoms with Gasteiger partial charge in [0.2, 0.25) is 0 Å². The molecular weight excluding hydrogens is 317 g/mol. The molecular formula is C15H11F3O3S. The molecule has 22 heavy (non-hydrogen) atoms. The molecule has 0 saturated carbocycles. The second-order valence-corrected chi connectivity index (χ2v) is 6.53. The van der Waals surface area contributed by atoms with Crippen molar-refractivity contribution in [1.82, 2.24) is 0 Å². The zero-order chi connectivity index (χ0) is 15.9. The molecule has 2 aromatic carbocycles. The number of halogens is 3. The molecule has 7 heteroatoms. The first-order valence-corrected chi connectivity index (χ1v) is 7.98. The lowest BCUT2D eigenvalue weighted by molar-refractivity contribution is 0.460. The Morgan fingerprint density at radius 1 is 0.864 bits per heavy atom. The highest BCUT2D eigenvalue weighted by atomic mass is 32.2. The highest BCUT2D eigenvalue weighted by Crippen LogP contribution is 2.28. The molecule has 0 radical (unpaired) electrons. The summed E-state index contributed by atoms with van der Waals surface area (Å²) < 4.78 is 68.5. The molecule has 0 spiro atoms. The predicted octanol–water partition coefficient (Wildman–Crippen LogP) is 3.36. The third-order valence-corrected chi connectivity index (χ3v) is 4.78. The van der Waals surface area contributed by atoms with Crippen molar-refractivity contribution in [3.05, 3.63) is 58.9 Å².